The van der Waals surface area contributed by atoms with Crippen molar-refractivity contribution in [2.24, 2.45) is 0 Å². The van der Waals surface area contributed by atoms with E-state index in [1.807, 2.05) is 18.2 Å². The molecule has 1 atom stereocenters. The van der Waals surface area contributed by atoms with Crippen molar-refractivity contribution < 1.29 is 0 Å². The summed E-state index contributed by atoms with van der Waals surface area (Å²) in [6, 6.07) is 10.4. The van der Waals surface area contributed by atoms with E-state index in [0.717, 1.165) is 6.54 Å². The largest absolute Gasteiger partial charge is 0.308 e. The quantitative estimate of drug-likeness (QED) is 0.796. The van der Waals surface area contributed by atoms with Crippen LogP contribution in [0.5, 0.6) is 0 Å². The van der Waals surface area contributed by atoms with Crippen molar-refractivity contribution in [3.05, 3.63) is 35.9 Å². The van der Waals surface area contributed by atoms with E-state index in [2.05, 4.69) is 17.4 Å². The van der Waals surface area contributed by atoms with E-state index in [9.17, 15) is 0 Å². The highest BCUT2D eigenvalue weighted by Gasteiger charge is 2.07. The van der Waals surface area contributed by atoms with Crippen LogP contribution in [0.15, 0.2) is 30.3 Å². The Bertz CT molecular complexity index is 228. The van der Waals surface area contributed by atoms with Crippen LogP contribution in [0.2, 0.25) is 0 Å². The maximum atomic E-state index is 5.83. The first kappa shape index (κ1) is 14.1. The molecule has 0 aromatic heterocycles. The van der Waals surface area contributed by atoms with Gasteiger partial charge in [-0.1, -0.05) is 30.3 Å². The number of alkyl halides is 2. The Kier molecular flexibility index (Phi) is 8.40. The van der Waals surface area contributed by atoms with Gasteiger partial charge in [0, 0.05) is 24.3 Å². The standard InChI is InChI=1S/C10H13Cl2N.ClH/c11-6-7-13-10(8-12)9-4-2-1-3-5-9;/h1-5,10,13H,6-8H2;1H. The zero-order valence-electron chi connectivity index (χ0n) is 7.75. The highest BCUT2D eigenvalue weighted by atomic mass is 35.5. The molecule has 0 saturated carbocycles. The molecule has 0 bridgehead atoms. The maximum absolute atomic E-state index is 5.83. The lowest BCUT2D eigenvalue weighted by Crippen LogP contribution is -2.24. The molecule has 0 saturated heterocycles. The normalized spacial score (nSPS) is 11.9. The first-order valence-electron chi connectivity index (χ1n) is 4.28. The van der Waals surface area contributed by atoms with Gasteiger partial charge in [0.25, 0.3) is 0 Å². The van der Waals surface area contributed by atoms with E-state index >= 15 is 0 Å². The van der Waals surface area contributed by atoms with E-state index in [1.54, 1.807) is 0 Å². The van der Waals surface area contributed by atoms with E-state index < -0.39 is 0 Å². The number of halogens is 3. The molecule has 0 aliphatic carbocycles. The Balaban J connectivity index is 0.00000169. The Morgan fingerprint density at radius 3 is 2.29 bits per heavy atom. The maximum Gasteiger partial charge on any atom is 0.0457 e. The highest BCUT2D eigenvalue weighted by Crippen LogP contribution is 2.13. The molecule has 4 heteroatoms. The molecular weight excluding hydrogens is 240 g/mol. The van der Waals surface area contributed by atoms with Crippen LogP contribution in [-0.4, -0.2) is 18.3 Å². The molecule has 1 aromatic carbocycles. The molecule has 1 N–H and O–H groups in total. The molecule has 0 spiro atoms. The van der Waals surface area contributed by atoms with Gasteiger partial charge in [-0.15, -0.1) is 35.6 Å². The minimum Gasteiger partial charge on any atom is -0.308 e. The van der Waals surface area contributed by atoms with Crippen LogP contribution < -0.4 is 5.32 Å². The van der Waals surface area contributed by atoms with E-state index in [4.69, 9.17) is 23.2 Å². The number of hydrogen-bond acceptors (Lipinski definition) is 1. The van der Waals surface area contributed by atoms with Crippen LogP contribution in [0.3, 0.4) is 0 Å². The summed E-state index contributed by atoms with van der Waals surface area (Å²) < 4.78 is 0. The van der Waals surface area contributed by atoms with E-state index in [-0.39, 0.29) is 18.4 Å². The number of nitrogens with one attached hydrogen (secondary N) is 1. The van der Waals surface area contributed by atoms with Crippen molar-refractivity contribution in [2.45, 2.75) is 6.04 Å². The molecule has 0 heterocycles. The van der Waals surface area contributed by atoms with Gasteiger partial charge in [0.1, 0.15) is 0 Å². The van der Waals surface area contributed by atoms with Crippen LogP contribution in [-0.2, 0) is 0 Å². The van der Waals surface area contributed by atoms with Gasteiger partial charge in [-0.05, 0) is 5.56 Å². The van der Waals surface area contributed by atoms with Gasteiger partial charge in [-0.3, -0.25) is 0 Å². The SMILES string of the molecule is Cl.ClCCNC(CCl)c1ccccc1. The monoisotopic (exact) mass is 253 g/mol. The molecule has 14 heavy (non-hydrogen) atoms. The highest BCUT2D eigenvalue weighted by molar-refractivity contribution is 6.18. The first-order valence-corrected chi connectivity index (χ1v) is 5.35. The minimum atomic E-state index is 0. The molecular formula is C10H14Cl3N. The van der Waals surface area contributed by atoms with E-state index in [0.29, 0.717) is 11.8 Å². The molecule has 80 valence electrons. The third-order valence-corrected chi connectivity index (χ3v) is 2.34. The summed E-state index contributed by atoms with van der Waals surface area (Å²) in [4.78, 5) is 0. The third kappa shape index (κ3) is 4.52. The third-order valence-electron chi connectivity index (χ3n) is 1.84. The molecule has 1 aromatic rings. The summed E-state index contributed by atoms with van der Waals surface area (Å²) >= 11 is 11.4. The Hall–Kier alpha value is 0.0500. The average Bonchev–Trinajstić information content (AvgIpc) is 2.21. The molecule has 0 amide bonds. The van der Waals surface area contributed by atoms with Gasteiger partial charge < -0.3 is 5.32 Å². The molecule has 0 aliphatic rings. The Morgan fingerprint density at radius 2 is 1.79 bits per heavy atom. The summed E-state index contributed by atoms with van der Waals surface area (Å²) in [5.74, 6) is 1.18. The number of rotatable bonds is 5. The van der Waals surface area contributed by atoms with Gasteiger partial charge in [0.05, 0.1) is 0 Å². The van der Waals surface area contributed by atoms with Gasteiger partial charge in [0.15, 0.2) is 0 Å². The first-order chi connectivity index (χ1) is 6.38. The van der Waals surface area contributed by atoms with Crippen LogP contribution in [0.25, 0.3) is 0 Å². The summed E-state index contributed by atoms with van der Waals surface area (Å²) in [5, 5.41) is 3.27. The second kappa shape index (κ2) is 8.37. The van der Waals surface area contributed by atoms with Gasteiger partial charge in [-0.25, -0.2) is 0 Å². The molecule has 1 unspecified atom stereocenters. The summed E-state index contributed by atoms with van der Waals surface area (Å²) in [7, 11) is 0. The zero-order valence-corrected chi connectivity index (χ0v) is 10.1. The van der Waals surface area contributed by atoms with Crippen LogP contribution in [0, 0.1) is 0 Å². The summed E-state index contributed by atoms with van der Waals surface area (Å²) in [5.41, 5.74) is 1.21. The molecule has 0 fully saturated rings. The van der Waals surface area contributed by atoms with Crippen molar-refractivity contribution in [3.8, 4) is 0 Å². The molecule has 0 radical (unpaired) electrons. The predicted molar refractivity (Wildman–Crippen MR) is 65.9 cm³/mol. The van der Waals surface area contributed by atoms with Crippen molar-refractivity contribution in [1.29, 1.82) is 0 Å². The van der Waals surface area contributed by atoms with Gasteiger partial charge in [-0.2, -0.15) is 0 Å². The Morgan fingerprint density at radius 1 is 1.14 bits per heavy atom. The topological polar surface area (TPSA) is 12.0 Å². The predicted octanol–water partition coefficient (Wildman–Crippen LogP) is 3.22. The zero-order chi connectivity index (χ0) is 9.52. The van der Waals surface area contributed by atoms with Crippen molar-refractivity contribution in [1.82, 2.24) is 5.32 Å². The molecule has 1 nitrogen and oxygen atoms in total. The molecule has 0 aliphatic heterocycles. The fourth-order valence-corrected chi connectivity index (χ4v) is 1.57. The lowest BCUT2D eigenvalue weighted by molar-refractivity contribution is 0.605. The Labute approximate surface area is 101 Å². The fraction of sp³-hybridized carbons (Fsp3) is 0.400. The number of benzene rings is 1. The van der Waals surface area contributed by atoms with E-state index in [1.165, 1.54) is 5.56 Å². The molecule has 1 rings (SSSR count). The lowest BCUT2D eigenvalue weighted by Gasteiger charge is -2.15. The second-order valence-corrected chi connectivity index (χ2v) is 3.45. The van der Waals surface area contributed by atoms with Gasteiger partial charge >= 0.3 is 0 Å². The summed E-state index contributed by atoms with van der Waals surface area (Å²) in [6.45, 7) is 0.786. The van der Waals surface area contributed by atoms with Crippen molar-refractivity contribution in [3.63, 3.8) is 0 Å². The second-order valence-electron chi connectivity index (χ2n) is 2.76. The summed E-state index contributed by atoms with van der Waals surface area (Å²) in [6.07, 6.45) is 0. The van der Waals surface area contributed by atoms with Gasteiger partial charge in [0.2, 0.25) is 0 Å². The van der Waals surface area contributed by atoms with Crippen molar-refractivity contribution in [2.75, 3.05) is 18.3 Å². The van der Waals surface area contributed by atoms with Crippen LogP contribution >= 0.6 is 35.6 Å². The van der Waals surface area contributed by atoms with Crippen LogP contribution in [0.1, 0.15) is 11.6 Å². The smallest absolute Gasteiger partial charge is 0.0457 e. The average molecular weight is 255 g/mol. The number of hydrogen-bond donors (Lipinski definition) is 1. The fourth-order valence-electron chi connectivity index (χ4n) is 1.18. The lowest BCUT2D eigenvalue weighted by atomic mass is 10.1. The minimum absolute atomic E-state index is 0. The van der Waals surface area contributed by atoms with Crippen LogP contribution in [0.4, 0.5) is 0 Å². The van der Waals surface area contributed by atoms with Crippen molar-refractivity contribution >= 4 is 35.6 Å².